The second-order valence-electron chi connectivity index (χ2n) is 3.47. The van der Waals surface area contributed by atoms with Gasteiger partial charge in [0.15, 0.2) is 0 Å². The highest BCUT2D eigenvalue weighted by atomic mass is 127. The number of pyridine rings is 1. The van der Waals surface area contributed by atoms with E-state index in [-0.39, 0.29) is 5.56 Å². The quantitative estimate of drug-likeness (QED) is 0.807. The first-order valence-electron chi connectivity index (χ1n) is 4.55. The Morgan fingerprint density at radius 1 is 1.50 bits per heavy atom. The predicted octanol–water partition coefficient (Wildman–Crippen LogP) is 2.90. The summed E-state index contributed by atoms with van der Waals surface area (Å²) in [6.45, 7) is 1.96. The van der Waals surface area contributed by atoms with Gasteiger partial charge in [-0.15, -0.1) is 0 Å². The lowest BCUT2D eigenvalue weighted by atomic mass is 10.1. The molecule has 82 valence electrons. The maximum Gasteiger partial charge on any atom is 0.251 e. The molecule has 0 aliphatic heterocycles. The Morgan fingerprint density at radius 3 is 2.81 bits per heavy atom. The number of hydrogen-bond donors (Lipinski definition) is 1. The van der Waals surface area contributed by atoms with Gasteiger partial charge in [-0.25, -0.2) is 0 Å². The summed E-state index contributed by atoms with van der Waals surface area (Å²) in [5, 5.41) is 1.14. The lowest BCUT2D eigenvalue weighted by molar-refractivity contribution is 0.100. The first-order valence-corrected chi connectivity index (χ1v) is 6.00. The minimum atomic E-state index is -0.559. The maximum absolute atomic E-state index is 11.1. The number of nitrogens with zero attached hydrogens (tertiary/aromatic N) is 1. The van der Waals surface area contributed by atoms with Crippen LogP contribution in [0.2, 0.25) is 5.02 Å². The molecule has 0 atom stereocenters. The highest BCUT2D eigenvalue weighted by Gasteiger charge is 2.12. The standard InChI is InChI=1S/C11H8ClIN2O/c1-5-2-6(13)3-7-9(12)8(11(14)16)4-15-10(5)7/h2-4H,1H3,(H2,14,16). The molecule has 0 bridgehead atoms. The molecule has 0 spiro atoms. The fourth-order valence-electron chi connectivity index (χ4n) is 1.58. The van der Waals surface area contributed by atoms with E-state index in [0.717, 1.165) is 20.0 Å². The Kier molecular flexibility index (Phi) is 3.03. The van der Waals surface area contributed by atoms with E-state index in [1.54, 1.807) is 0 Å². The van der Waals surface area contributed by atoms with E-state index in [9.17, 15) is 4.79 Å². The largest absolute Gasteiger partial charge is 0.366 e. The van der Waals surface area contributed by atoms with Crippen LogP contribution in [0.4, 0.5) is 0 Å². The molecule has 2 rings (SSSR count). The number of halogens is 2. The van der Waals surface area contributed by atoms with Crippen LogP contribution in [-0.2, 0) is 0 Å². The number of aromatic nitrogens is 1. The van der Waals surface area contributed by atoms with Crippen molar-refractivity contribution in [2.75, 3.05) is 0 Å². The highest BCUT2D eigenvalue weighted by molar-refractivity contribution is 14.1. The third-order valence-electron chi connectivity index (χ3n) is 2.33. The van der Waals surface area contributed by atoms with Gasteiger partial charge in [0.05, 0.1) is 16.1 Å². The van der Waals surface area contributed by atoms with Gasteiger partial charge in [-0.3, -0.25) is 9.78 Å². The lowest BCUT2D eigenvalue weighted by Gasteiger charge is -2.07. The normalized spacial score (nSPS) is 10.7. The predicted molar refractivity (Wildman–Crippen MR) is 72.7 cm³/mol. The molecule has 0 fully saturated rings. The Morgan fingerprint density at radius 2 is 2.19 bits per heavy atom. The van der Waals surface area contributed by atoms with Crippen LogP contribution in [0, 0.1) is 10.5 Å². The molecule has 0 saturated carbocycles. The molecule has 0 aliphatic carbocycles. The number of nitrogens with two attached hydrogens (primary N) is 1. The maximum atomic E-state index is 11.1. The number of aryl methyl sites for hydroxylation is 1. The number of primary amides is 1. The fraction of sp³-hybridized carbons (Fsp3) is 0.0909. The highest BCUT2D eigenvalue weighted by Crippen LogP contribution is 2.28. The molecule has 5 heteroatoms. The zero-order valence-corrected chi connectivity index (χ0v) is 11.3. The molecule has 1 heterocycles. The van der Waals surface area contributed by atoms with Crippen LogP contribution in [0.25, 0.3) is 10.9 Å². The van der Waals surface area contributed by atoms with E-state index >= 15 is 0 Å². The van der Waals surface area contributed by atoms with E-state index in [0.29, 0.717) is 5.02 Å². The minimum absolute atomic E-state index is 0.260. The minimum Gasteiger partial charge on any atom is -0.366 e. The summed E-state index contributed by atoms with van der Waals surface area (Å²) < 4.78 is 1.05. The van der Waals surface area contributed by atoms with Crippen molar-refractivity contribution in [3.8, 4) is 0 Å². The summed E-state index contributed by atoms with van der Waals surface area (Å²) in [6, 6.07) is 3.90. The third kappa shape index (κ3) is 1.87. The van der Waals surface area contributed by atoms with Crippen LogP contribution >= 0.6 is 34.2 Å². The van der Waals surface area contributed by atoms with Gasteiger partial charge in [-0.1, -0.05) is 11.6 Å². The van der Waals surface area contributed by atoms with Gasteiger partial charge in [-0.2, -0.15) is 0 Å². The average Bonchev–Trinajstić information content (AvgIpc) is 2.19. The van der Waals surface area contributed by atoms with Crippen molar-refractivity contribution in [1.82, 2.24) is 4.98 Å². The Bertz CT molecular complexity index is 598. The number of fused-ring (bicyclic) bond motifs is 1. The summed E-state index contributed by atoms with van der Waals surface area (Å²) in [4.78, 5) is 15.3. The molecule has 1 amide bonds. The zero-order valence-electron chi connectivity index (χ0n) is 8.42. The van der Waals surface area contributed by atoms with Crippen molar-refractivity contribution in [1.29, 1.82) is 0 Å². The van der Waals surface area contributed by atoms with E-state index in [2.05, 4.69) is 27.6 Å². The molecule has 0 aliphatic rings. The van der Waals surface area contributed by atoms with Crippen LogP contribution in [-0.4, -0.2) is 10.9 Å². The van der Waals surface area contributed by atoms with Gasteiger partial charge in [-0.05, 0) is 47.2 Å². The first-order chi connectivity index (χ1) is 7.50. The van der Waals surface area contributed by atoms with Gasteiger partial charge in [0, 0.05) is 15.2 Å². The van der Waals surface area contributed by atoms with Crippen molar-refractivity contribution in [2.24, 2.45) is 5.73 Å². The number of carbonyl (C=O) groups excluding carboxylic acids is 1. The molecule has 1 aromatic carbocycles. The van der Waals surface area contributed by atoms with E-state index < -0.39 is 5.91 Å². The molecular formula is C11H8ClIN2O. The summed E-state index contributed by atoms with van der Waals surface area (Å²) >= 11 is 8.33. The topological polar surface area (TPSA) is 56.0 Å². The van der Waals surface area contributed by atoms with Crippen molar-refractivity contribution in [2.45, 2.75) is 6.92 Å². The van der Waals surface area contributed by atoms with Crippen LogP contribution in [0.15, 0.2) is 18.3 Å². The Balaban J connectivity index is 2.89. The Labute approximate surface area is 111 Å². The van der Waals surface area contributed by atoms with Crippen LogP contribution < -0.4 is 5.73 Å². The molecule has 3 nitrogen and oxygen atoms in total. The monoisotopic (exact) mass is 346 g/mol. The van der Waals surface area contributed by atoms with E-state index in [1.807, 2.05) is 19.1 Å². The molecule has 1 aromatic heterocycles. The molecular weight excluding hydrogens is 338 g/mol. The van der Waals surface area contributed by atoms with Crippen molar-refractivity contribution >= 4 is 51.0 Å². The summed E-state index contributed by atoms with van der Waals surface area (Å²) in [5.41, 5.74) is 7.31. The lowest BCUT2D eigenvalue weighted by Crippen LogP contribution is -2.12. The van der Waals surface area contributed by atoms with Crippen molar-refractivity contribution in [3.05, 3.63) is 38.0 Å². The molecule has 2 N–H and O–H groups in total. The van der Waals surface area contributed by atoms with Gasteiger partial charge in [0.1, 0.15) is 0 Å². The van der Waals surface area contributed by atoms with Crippen molar-refractivity contribution in [3.63, 3.8) is 0 Å². The second kappa shape index (κ2) is 4.18. The first kappa shape index (κ1) is 11.6. The summed E-state index contributed by atoms with van der Waals surface area (Å²) in [5.74, 6) is -0.559. The van der Waals surface area contributed by atoms with Crippen LogP contribution in [0.1, 0.15) is 15.9 Å². The van der Waals surface area contributed by atoms with Gasteiger partial charge < -0.3 is 5.73 Å². The number of rotatable bonds is 1. The molecule has 0 saturated heterocycles. The number of benzene rings is 1. The van der Waals surface area contributed by atoms with Crippen LogP contribution in [0.3, 0.4) is 0 Å². The third-order valence-corrected chi connectivity index (χ3v) is 3.36. The molecule has 0 radical (unpaired) electrons. The fourth-order valence-corrected chi connectivity index (χ4v) is 2.64. The SMILES string of the molecule is Cc1cc(I)cc2c(Cl)c(C(N)=O)cnc12. The molecule has 16 heavy (non-hydrogen) atoms. The summed E-state index contributed by atoms with van der Waals surface area (Å²) in [7, 11) is 0. The number of carbonyl (C=O) groups is 1. The van der Waals surface area contributed by atoms with Crippen LogP contribution in [0.5, 0.6) is 0 Å². The number of hydrogen-bond acceptors (Lipinski definition) is 2. The summed E-state index contributed by atoms with van der Waals surface area (Å²) in [6.07, 6.45) is 1.42. The smallest absolute Gasteiger partial charge is 0.251 e. The molecule has 2 aromatic rings. The van der Waals surface area contributed by atoms with E-state index in [1.165, 1.54) is 6.20 Å². The van der Waals surface area contributed by atoms with Gasteiger partial charge in [0.2, 0.25) is 0 Å². The second-order valence-corrected chi connectivity index (χ2v) is 5.09. The zero-order chi connectivity index (χ0) is 11.9. The van der Waals surface area contributed by atoms with E-state index in [4.69, 9.17) is 17.3 Å². The number of amides is 1. The van der Waals surface area contributed by atoms with Gasteiger partial charge in [0.25, 0.3) is 5.91 Å². The van der Waals surface area contributed by atoms with Crippen molar-refractivity contribution < 1.29 is 4.79 Å². The average molecular weight is 347 g/mol. The molecule has 0 unspecified atom stereocenters. The van der Waals surface area contributed by atoms with Gasteiger partial charge >= 0.3 is 0 Å². The Hall–Kier alpha value is -0.880.